The number of carbonyl (C=O) groups is 1. The van der Waals surface area contributed by atoms with Crippen LogP contribution in [0.2, 0.25) is 0 Å². The SMILES string of the molecule is NC(=O)C(NC1CC(c2ccccc2)C1)c1ccc(F)cc1. The summed E-state index contributed by atoms with van der Waals surface area (Å²) in [5, 5.41) is 3.29. The summed E-state index contributed by atoms with van der Waals surface area (Å²) >= 11 is 0. The molecule has 1 atom stereocenters. The van der Waals surface area contributed by atoms with E-state index in [4.69, 9.17) is 5.73 Å². The quantitative estimate of drug-likeness (QED) is 0.892. The van der Waals surface area contributed by atoms with Crippen LogP contribution in [0, 0.1) is 5.82 Å². The Hall–Kier alpha value is -2.20. The Morgan fingerprint density at radius 3 is 2.32 bits per heavy atom. The molecule has 1 amide bonds. The van der Waals surface area contributed by atoms with E-state index in [1.807, 2.05) is 18.2 Å². The molecule has 0 aliphatic heterocycles. The monoisotopic (exact) mass is 298 g/mol. The number of hydrogen-bond donors (Lipinski definition) is 2. The first-order valence-corrected chi connectivity index (χ1v) is 7.49. The lowest BCUT2D eigenvalue weighted by molar-refractivity contribution is -0.120. The summed E-state index contributed by atoms with van der Waals surface area (Å²) in [4.78, 5) is 11.7. The molecular weight excluding hydrogens is 279 g/mol. The van der Waals surface area contributed by atoms with Gasteiger partial charge in [-0.15, -0.1) is 0 Å². The molecule has 0 aromatic heterocycles. The second-order valence-corrected chi connectivity index (χ2v) is 5.83. The number of rotatable bonds is 5. The third kappa shape index (κ3) is 3.17. The molecule has 2 aromatic rings. The van der Waals surface area contributed by atoms with Crippen LogP contribution >= 0.6 is 0 Å². The average Bonchev–Trinajstić information content (AvgIpc) is 2.48. The van der Waals surface area contributed by atoms with Gasteiger partial charge in [0.25, 0.3) is 0 Å². The molecule has 0 bridgehead atoms. The Morgan fingerprint density at radius 2 is 1.73 bits per heavy atom. The van der Waals surface area contributed by atoms with Crippen LogP contribution in [-0.4, -0.2) is 11.9 Å². The molecule has 1 unspecified atom stereocenters. The van der Waals surface area contributed by atoms with Crippen molar-refractivity contribution in [2.75, 3.05) is 0 Å². The molecule has 114 valence electrons. The summed E-state index contributed by atoms with van der Waals surface area (Å²) in [6, 6.07) is 15.9. The molecule has 1 fully saturated rings. The molecule has 0 heterocycles. The topological polar surface area (TPSA) is 55.1 Å². The molecular formula is C18H19FN2O. The summed E-state index contributed by atoms with van der Waals surface area (Å²) in [6.45, 7) is 0. The van der Waals surface area contributed by atoms with Crippen molar-refractivity contribution in [2.24, 2.45) is 5.73 Å². The van der Waals surface area contributed by atoms with Crippen LogP contribution in [-0.2, 0) is 4.79 Å². The molecule has 0 saturated heterocycles. The minimum Gasteiger partial charge on any atom is -0.368 e. The molecule has 1 aliphatic rings. The number of nitrogens with one attached hydrogen (secondary N) is 1. The van der Waals surface area contributed by atoms with Gasteiger partial charge in [0.15, 0.2) is 0 Å². The van der Waals surface area contributed by atoms with Crippen molar-refractivity contribution in [3.05, 3.63) is 71.5 Å². The van der Waals surface area contributed by atoms with Gasteiger partial charge in [0.2, 0.25) is 5.91 Å². The van der Waals surface area contributed by atoms with Crippen LogP contribution in [0.4, 0.5) is 4.39 Å². The molecule has 3 nitrogen and oxygen atoms in total. The predicted octanol–water partition coefficient (Wildman–Crippen LogP) is 2.89. The molecule has 3 rings (SSSR count). The lowest BCUT2D eigenvalue weighted by Crippen LogP contribution is -2.46. The second kappa shape index (κ2) is 6.28. The zero-order chi connectivity index (χ0) is 15.5. The fourth-order valence-corrected chi connectivity index (χ4v) is 2.98. The number of benzene rings is 2. The number of halogens is 1. The molecule has 22 heavy (non-hydrogen) atoms. The first-order chi connectivity index (χ1) is 10.6. The van der Waals surface area contributed by atoms with Gasteiger partial charge in [-0.3, -0.25) is 10.1 Å². The summed E-state index contributed by atoms with van der Waals surface area (Å²) in [6.07, 6.45) is 1.96. The smallest absolute Gasteiger partial charge is 0.239 e. The highest BCUT2D eigenvalue weighted by Crippen LogP contribution is 2.37. The van der Waals surface area contributed by atoms with Crippen LogP contribution in [0.25, 0.3) is 0 Å². The zero-order valence-electron chi connectivity index (χ0n) is 12.2. The lowest BCUT2D eigenvalue weighted by atomic mass is 9.75. The number of hydrogen-bond acceptors (Lipinski definition) is 2. The van der Waals surface area contributed by atoms with Gasteiger partial charge in [-0.2, -0.15) is 0 Å². The third-order valence-electron chi connectivity index (χ3n) is 4.30. The van der Waals surface area contributed by atoms with Crippen molar-refractivity contribution in [2.45, 2.75) is 30.8 Å². The molecule has 4 heteroatoms. The van der Waals surface area contributed by atoms with E-state index in [2.05, 4.69) is 17.4 Å². The van der Waals surface area contributed by atoms with Gasteiger partial charge < -0.3 is 5.73 Å². The van der Waals surface area contributed by atoms with E-state index in [0.29, 0.717) is 11.5 Å². The highest BCUT2D eigenvalue weighted by Gasteiger charge is 2.33. The maximum atomic E-state index is 13.0. The first-order valence-electron chi connectivity index (χ1n) is 7.49. The van der Waals surface area contributed by atoms with Gasteiger partial charge in [0, 0.05) is 6.04 Å². The number of amides is 1. The predicted molar refractivity (Wildman–Crippen MR) is 83.7 cm³/mol. The minimum atomic E-state index is -0.567. The molecule has 3 N–H and O–H groups in total. The zero-order valence-corrected chi connectivity index (χ0v) is 12.2. The standard InChI is InChI=1S/C18H19FN2O/c19-15-8-6-13(7-9-15)17(18(20)22)21-16-10-14(11-16)12-4-2-1-3-5-12/h1-9,14,16-17,21H,10-11H2,(H2,20,22). The normalized spacial score (nSPS) is 21.9. The van der Waals surface area contributed by atoms with E-state index in [9.17, 15) is 9.18 Å². The molecule has 1 aliphatic carbocycles. The molecule has 1 saturated carbocycles. The summed E-state index contributed by atoms with van der Waals surface area (Å²) < 4.78 is 13.0. The first kappa shape index (κ1) is 14.7. The second-order valence-electron chi connectivity index (χ2n) is 5.83. The fraction of sp³-hybridized carbons (Fsp3) is 0.278. The lowest BCUT2D eigenvalue weighted by Gasteiger charge is -2.38. The fourth-order valence-electron chi connectivity index (χ4n) is 2.98. The van der Waals surface area contributed by atoms with Crippen molar-refractivity contribution >= 4 is 5.91 Å². The van der Waals surface area contributed by atoms with Crippen molar-refractivity contribution in [3.8, 4) is 0 Å². The Balaban J connectivity index is 1.62. The largest absolute Gasteiger partial charge is 0.368 e. The van der Waals surface area contributed by atoms with E-state index in [-0.39, 0.29) is 11.9 Å². The molecule has 0 radical (unpaired) electrons. The molecule has 2 aromatic carbocycles. The van der Waals surface area contributed by atoms with Crippen molar-refractivity contribution in [3.63, 3.8) is 0 Å². The van der Waals surface area contributed by atoms with E-state index in [0.717, 1.165) is 12.8 Å². The Bertz CT molecular complexity index is 636. The van der Waals surface area contributed by atoms with Crippen LogP contribution in [0.15, 0.2) is 54.6 Å². The van der Waals surface area contributed by atoms with Gasteiger partial charge in [-0.1, -0.05) is 42.5 Å². The van der Waals surface area contributed by atoms with E-state index in [1.165, 1.54) is 17.7 Å². The van der Waals surface area contributed by atoms with Crippen molar-refractivity contribution in [1.82, 2.24) is 5.32 Å². The van der Waals surface area contributed by atoms with E-state index in [1.54, 1.807) is 12.1 Å². The van der Waals surface area contributed by atoms with Gasteiger partial charge >= 0.3 is 0 Å². The molecule has 0 spiro atoms. The van der Waals surface area contributed by atoms with Gasteiger partial charge in [0.1, 0.15) is 11.9 Å². The third-order valence-corrected chi connectivity index (χ3v) is 4.30. The summed E-state index contributed by atoms with van der Waals surface area (Å²) in [5.41, 5.74) is 7.52. The Labute approximate surface area is 129 Å². The van der Waals surface area contributed by atoms with Crippen LogP contribution in [0.3, 0.4) is 0 Å². The van der Waals surface area contributed by atoms with Crippen LogP contribution in [0.1, 0.15) is 35.9 Å². The Morgan fingerprint density at radius 1 is 1.09 bits per heavy atom. The van der Waals surface area contributed by atoms with E-state index < -0.39 is 11.9 Å². The van der Waals surface area contributed by atoms with Crippen LogP contribution < -0.4 is 11.1 Å². The summed E-state index contributed by atoms with van der Waals surface area (Å²) in [5.74, 6) is -0.227. The minimum absolute atomic E-state index is 0.257. The summed E-state index contributed by atoms with van der Waals surface area (Å²) in [7, 11) is 0. The van der Waals surface area contributed by atoms with Crippen molar-refractivity contribution in [1.29, 1.82) is 0 Å². The highest BCUT2D eigenvalue weighted by molar-refractivity contribution is 5.81. The number of carbonyl (C=O) groups excluding carboxylic acids is 1. The Kier molecular flexibility index (Phi) is 4.20. The van der Waals surface area contributed by atoms with Gasteiger partial charge in [-0.25, -0.2) is 4.39 Å². The van der Waals surface area contributed by atoms with Crippen LogP contribution in [0.5, 0.6) is 0 Å². The number of primary amides is 1. The van der Waals surface area contributed by atoms with Crippen molar-refractivity contribution < 1.29 is 9.18 Å². The maximum absolute atomic E-state index is 13.0. The van der Waals surface area contributed by atoms with Gasteiger partial charge in [-0.05, 0) is 42.0 Å². The average molecular weight is 298 g/mol. The van der Waals surface area contributed by atoms with Gasteiger partial charge in [0.05, 0.1) is 0 Å². The highest BCUT2D eigenvalue weighted by atomic mass is 19.1. The number of nitrogens with two attached hydrogens (primary N) is 1. The van der Waals surface area contributed by atoms with E-state index >= 15 is 0 Å². The maximum Gasteiger partial charge on any atom is 0.239 e.